The van der Waals surface area contributed by atoms with Gasteiger partial charge in [-0.3, -0.25) is 0 Å². The van der Waals surface area contributed by atoms with E-state index in [2.05, 4.69) is 16.3 Å². The van der Waals surface area contributed by atoms with Gasteiger partial charge in [0.25, 0.3) is 0 Å². The van der Waals surface area contributed by atoms with Crippen LogP contribution in [-0.4, -0.2) is 11.5 Å². The lowest BCUT2D eigenvalue weighted by molar-refractivity contribution is 0.623. The molecule has 0 saturated heterocycles. The van der Waals surface area contributed by atoms with Gasteiger partial charge in [0, 0.05) is 18.0 Å². The first-order chi connectivity index (χ1) is 9.16. The fraction of sp³-hybridized carbons (Fsp3) is 0.214. The number of anilines is 1. The van der Waals surface area contributed by atoms with Gasteiger partial charge in [0.2, 0.25) is 0 Å². The highest BCUT2D eigenvalue weighted by Gasteiger charge is 2.21. The molecule has 1 aromatic carbocycles. The number of benzene rings is 1. The minimum Gasteiger partial charge on any atom is -0.389 e. The summed E-state index contributed by atoms with van der Waals surface area (Å²) in [7, 11) is 0. The Bertz CT molecular complexity index is 636. The minimum absolute atomic E-state index is 0.115. The number of nitrogens with zero attached hydrogens (tertiary/aromatic N) is 1. The van der Waals surface area contributed by atoms with E-state index in [-0.39, 0.29) is 10.8 Å². The average Bonchev–Trinajstić information content (AvgIpc) is 2.85. The molecule has 98 valence electrons. The lowest BCUT2D eigenvalue weighted by Gasteiger charge is -2.30. The maximum Gasteiger partial charge on any atom is 0.135 e. The highest BCUT2D eigenvalue weighted by atomic mass is 32.1. The normalized spacial score (nSPS) is 14.3. The van der Waals surface area contributed by atoms with E-state index in [9.17, 15) is 4.39 Å². The molecule has 0 bridgehead atoms. The van der Waals surface area contributed by atoms with Crippen molar-refractivity contribution in [3.63, 3.8) is 0 Å². The van der Waals surface area contributed by atoms with Crippen LogP contribution in [0.5, 0.6) is 0 Å². The number of hydrogen-bond donors (Lipinski definition) is 1. The Morgan fingerprint density at radius 1 is 1.37 bits per heavy atom. The number of thiocarbonyl (C=S) groups is 1. The molecule has 1 aliphatic rings. The Morgan fingerprint density at radius 2 is 2.21 bits per heavy atom. The summed E-state index contributed by atoms with van der Waals surface area (Å²) in [4.78, 5) is 3.68. The van der Waals surface area contributed by atoms with Crippen LogP contribution in [-0.2, 0) is 13.0 Å². The van der Waals surface area contributed by atoms with Crippen LogP contribution in [0.1, 0.15) is 16.0 Å². The first-order valence-corrected chi connectivity index (χ1v) is 7.34. The van der Waals surface area contributed by atoms with E-state index in [4.69, 9.17) is 18.0 Å². The third-order valence-electron chi connectivity index (χ3n) is 3.39. The highest BCUT2D eigenvalue weighted by molar-refractivity contribution is 7.80. The third-order valence-corrected chi connectivity index (χ3v) is 4.61. The van der Waals surface area contributed by atoms with Crippen LogP contribution in [0.25, 0.3) is 0 Å². The number of halogens is 1. The number of thiophene rings is 1. The average molecular weight is 292 g/mol. The second kappa shape index (κ2) is 4.90. The van der Waals surface area contributed by atoms with E-state index in [0.717, 1.165) is 25.2 Å². The molecule has 2 aromatic rings. The van der Waals surface area contributed by atoms with E-state index in [1.807, 2.05) is 6.07 Å². The van der Waals surface area contributed by atoms with E-state index in [1.54, 1.807) is 17.4 Å². The van der Waals surface area contributed by atoms with Crippen molar-refractivity contribution in [1.82, 2.24) is 0 Å². The number of fused-ring (bicyclic) bond motifs is 1. The van der Waals surface area contributed by atoms with Gasteiger partial charge >= 0.3 is 0 Å². The largest absolute Gasteiger partial charge is 0.389 e. The monoisotopic (exact) mass is 292 g/mol. The van der Waals surface area contributed by atoms with Gasteiger partial charge in [0.1, 0.15) is 10.8 Å². The van der Waals surface area contributed by atoms with Crippen LogP contribution in [0.3, 0.4) is 0 Å². The molecule has 0 spiro atoms. The molecule has 0 fully saturated rings. The molecule has 2 nitrogen and oxygen atoms in total. The second-order valence-electron chi connectivity index (χ2n) is 4.54. The lowest BCUT2D eigenvalue weighted by Crippen LogP contribution is -2.31. The number of rotatable bonds is 2. The standard InChI is InChI=1S/C14H13FN2S2/c15-10-2-1-3-11(13(10)14(16)18)17-6-4-12-9(8-17)5-7-19-12/h1-3,5,7H,4,6,8H2,(H2,16,18). The zero-order valence-corrected chi connectivity index (χ0v) is 11.9. The summed E-state index contributed by atoms with van der Waals surface area (Å²) in [5.41, 5.74) is 8.13. The van der Waals surface area contributed by atoms with Gasteiger partial charge in [0.15, 0.2) is 0 Å². The van der Waals surface area contributed by atoms with E-state index < -0.39 is 0 Å². The van der Waals surface area contributed by atoms with Gasteiger partial charge in [0.05, 0.1) is 11.3 Å². The maximum atomic E-state index is 13.9. The van der Waals surface area contributed by atoms with Crippen LogP contribution >= 0.6 is 23.6 Å². The molecule has 0 amide bonds. The zero-order chi connectivity index (χ0) is 13.4. The minimum atomic E-state index is -0.346. The first-order valence-electron chi connectivity index (χ1n) is 6.05. The fourth-order valence-electron chi connectivity index (χ4n) is 2.47. The molecule has 19 heavy (non-hydrogen) atoms. The van der Waals surface area contributed by atoms with Crippen LogP contribution in [0.15, 0.2) is 29.6 Å². The summed E-state index contributed by atoms with van der Waals surface area (Å²) in [6.07, 6.45) is 0.986. The van der Waals surface area contributed by atoms with E-state index in [1.165, 1.54) is 16.5 Å². The smallest absolute Gasteiger partial charge is 0.135 e. The summed E-state index contributed by atoms with van der Waals surface area (Å²) in [5.74, 6) is -0.346. The molecule has 2 heterocycles. The summed E-state index contributed by atoms with van der Waals surface area (Å²) in [6.45, 7) is 1.66. The molecule has 0 radical (unpaired) electrons. The summed E-state index contributed by atoms with van der Waals surface area (Å²) in [6, 6.07) is 7.12. The first kappa shape index (κ1) is 12.6. The van der Waals surface area contributed by atoms with Crippen LogP contribution in [0, 0.1) is 5.82 Å². The molecule has 5 heteroatoms. The second-order valence-corrected chi connectivity index (χ2v) is 5.98. The predicted molar refractivity (Wildman–Crippen MR) is 81.4 cm³/mol. The van der Waals surface area contributed by atoms with Gasteiger partial charge < -0.3 is 10.6 Å². The van der Waals surface area contributed by atoms with Crippen LogP contribution in [0.4, 0.5) is 10.1 Å². The van der Waals surface area contributed by atoms with Crippen molar-refractivity contribution in [1.29, 1.82) is 0 Å². The van der Waals surface area contributed by atoms with Gasteiger partial charge in [-0.15, -0.1) is 11.3 Å². The predicted octanol–water partition coefficient (Wildman–Crippen LogP) is 3.08. The molecule has 2 N–H and O–H groups in total. The zero-order valence-electron chi connectivity index (χ0n) is 10.2. The topological polar surface area (TPSA) is 29.3 Å². The van der Waals surface area contributed by atoms with Crippen molar-refractivity contribution in [2.24, 2.45) is 5.73 Å². The van der Waals surface area contributed by atoms with Crippen LogP contribution in [0.2, 0.25) is 0 Å². The number of hydrogen-bond acceptors (Lipinski definition) is 3. The molecule has 0 saturated carbocycles. The summed E-state index contributed by atoms with van der Waals surface area (Å²) < 4.78 is 13.9. The molecule has 0 atom stereocenters. The Balaban J connectivity index is 2.00. The molecule has 3 rings (SSSR count). The molecule has 1 aliphatic heterocycles. The lowest BCUT2D eigenvalue weighted by atomic mass is 10.1. The fourth-order valence-corrected chi connectivity index (χ4v) is 3.57. The molecule has 0 aliphatic carbocycles. The van der Waals surface area contributed by atoms with Crippen molar-refractivity contribution in [2.45, 2.75) is 13.0 Å². The molecule has 1 aromatic heterocycles. The summed E-state index contributed by atoms with van der Waals surface area (Å²) in [5, 5.41) is 2.11. The van der Waals surface area contributed by atoms with Crippen molar-refractivity contribution >= 4 is 34.2 Å². The Hall–Kier alpha value is -1.46. The van der Waals surface area contributed by atoms with Gasteiger partial charge in [-0.25, -0.2) is 4.39 Å². The van der Waals surface area contributed by atoms with Gasteiger partial charge in [-0.05, 0) is 35.6 Å². The van der Waals surface area contributed by atoms with Crippen molar-refractivity contribution in [2.75, 3.05) is 11.4 Å². The maximum absolute atomic E-state index is 13.9. The van der Waals surface area contributed by atoms with E-state index in [0.29, 0.717) is 5.56 Å². The highest BCUT2D eigenvalue weighted by Crippen LogP contribution is 2.30. The quantitative estimate of drug-likeness (QED) is 0.863. The molecular weight excluding hydrogens is 279 g/mol. The third kappa shape index (κ3) is 2.24. The van der Waals surface area contributed by atoms with E-state index >= 15 is 0 Å². The SMILES string of the molecule is NC(=S)c1c(F)cccc1N1CCc2sccc2C1. The molecular formula is C14H13FN2S2. The van der Waals surface area contributed by atoms with Crippen molar-refractivity contribution in [3.8, 4) is 0 Å². The van der Waals surface area contributed by atoms with Gasteiger partial charge in [-0.2, -0.15) is 0 Å². The summed E-state index contributed by atoms with van der Waals surface area (Å²) >= 11 is 6.77. The molecule has 0 unspecified atom stereocenters. The van der Waals surface area contributed by atoms with Gasteiger partial charge in [-0.1, -0.05) is 18.3 Å². The number of nitrogens with two attached hydrogens (primary N) is 1. The van der Waals surface area contributed by atoms with Crippen molar-refractivity contribution in [3.05, 3.63) is 51.5 Å². The Labute approximate surface area is 120 Å². The van der Waals surface area contributed by atoms with Crippen LogP contribution < -0.4 is 10.6 Å². The Kier molecular flexibility index (Phi) is 3.24. The Morgan fingerprint density at radius 3 is 3.00 bits per heavy atom. The van der Waals surface area contributed by atoms with Crippen molar-refractivity contribution < 1.29 is 4.39 Å².